The van der Waals surface area contributed by atoms with Gasteiger partial charge in [0.2, 0.25) is 15.9 Å². The summed E-state index contributed by atoms with van der Waals surface area (Å²) in [7, 11) is -3.63. The molecule has 2 N–H and O–H groups in total. The quantitative estimate of drug-likeness (QED) is 0.623. The van der Waals surface area contributed by atoms with Crippen LogP contribution in [0.3, 0.4) is 0 Å². The molecule has 0 fully saturated rings. The molecule has 0 atom stereocenters. The second-order valence-electron chi connectivity index (χ2n) is 7.19. The Bertz CT molecular complexity index is 942. The maximum Gasteiger partial charge on any atom is 0.240 e. The summed E-state index contributed by atoms with van der Waals surface area (Å²) in [5.74, 6) is -0.172. The van der Waals surface area contributed by atoms with Crippen LogP contribution in [0.15, 0.2) is 47.4 Å². The van der Waals surface area contributed by atoms with Crippen LogP contribution in [-0.4, -0.2) is 40.5 Å². The normalized spacial score (nSPS) is 11.3. The third kappa shape index (κ3) is 6.87. The van der Waals surface area contributed by atoms with E-state index in [9.17, 15) is 13.2 Å². The van der Waals surface area contributed by atoms with Crippen molar-refractivity contribution >= 4 is 21.6 Å². The van der Waals surface area contributed by atoms with Crippen molar-refractivity contribution in [2.24, 2.45) is 0 Å². The number of rotatable bonds is 10. The number of benzene rings is 2. The number of hydrogen-bond acceptors (Lipinski definition) is 4. The number of nitrogens with one attached hydrogen (secondary N) is 2. The number of hydrogen-bond donors (Lipinski definition) is 2. The first-order valence-electron chi connectivity index (χ1n) is 9.88. The van der Waals surface area contributed by atoms with Crippen molar-refractivity contribution in [3.63, 3.8) is 0 Å². The van der Waals surface area contributed by atoms with Gasteiger partial charge in [-0.1, -0.05) is 24.3 Å². The first kappa shape index (κ1) is 22.9. The minimum Gasteiger partial charge on any atom is -0.370 e. The third-order valence-corrected chi connectivity index (χ3v) is 6.33. The SMILES string of the molecule is CCN(CCNC(=O)CCNS(=O)(=O)c1cc(C)ccc1C)c1cccc(C)c1. The van der Waals surface area contributed by atoms with Crippen molar-refractivity contribution in [1.82, 2.24) is 10.0 Å². The molecule has 0 heterocycles. The van der Waals surface area contributed by atoms with E-state index in [-0.39, 0.29) is 23.8 Å². The van der Waals surface area contributed by atoms with Crippen LogP contribution < -0.4 is 14.9 Å². The van der Waals surface area contributed by atoms with Crippen molar-refractivity contribution in [3.8, 4) is 0 Å². The molecule has 158 valence electrons. The second-order valence-corrected chi connectivity index (χ2v) is 8.92. The Kier molecular flexibility index (Phi) is 8.22. The summed E-state index contributed by atoms with van der Waals surface area (Å²) < 4.78 is 27.4. The third-order valence-electron chi connectivity index (χ3n) is 4.73. The van der Waals surface area contributed by atoms with Gasteiger partial charge in [0.25, 0.3) is 0 Å². The number of carbonyl (C=O) groups excluding carboxylic acids is 1. The van der Waals surface area contributed by atoms with E-state index in [2.05, 4.69) is 47.0 Å². The summed E-state index contributed by atoms with van der Waals surface area (Å²) in [5.41, 5.74) is 3.88. The lowest BCUT2D eigenvalue weighted by Gasteiger charge is -2.23. The fraction of sp³-hybridized carbons (Fsp3) is 0.409. The summed E-state index contributed by atoms with van der Waals surface area (Å²) in [6.07, 6.45) is 0.0979. The van der Waals surface area contributed by atoms with E-state index in [0.717, 1.165) is 17.8 Å². The van der Waals surface area contributed by atoms with Crippen LogP contribution in [0.1, 0.15) is 30.0 Å². The Balaban J connectivity index is 1.79. The smallest absolute Gasteiger partial charge is 0.240 e. The van der Waals surface area contributed by atoms with Gasteiger partial charge in [0.05, 0.1) is 4.90 Å². The average Bonchev–Trinajstić information content (AvgIpc) is 2.67. The molecule has 29 heavy (non-hydrogen) atoms. The van der Waals surface area contributed by atoms with Gasteiger partial charge in [0.15, 0.2) is 0 Å². The number of sulfonamides is 1. The minimum absolute atomic E-state index is 0.0664. The molecular formula is C22H31N3O3S. The van der Waals surface area contributed by atoms with E-state index in [4.69, 9.17) is 0 Å². The van der Waals surface area contributed by atoms with Gasteiger partial charge in [0.1, 0.15) is 0 Å². The Morgan fingerprint density at radius 1 is 1.00 bits per heavy atom. The van der Waals surface area contributed by atoms with Gasteiger partial charge in [-0.05, 0) is 62.6 Å². The van der Waals surface area contributed by atoms with E-state index in [1.807, 2.05) is 19.1 Å². The highest BCUT2D eigenvalue weighted by molar-refractivity contribution is 7.89. The van der Waals surface area contributed by atoms with Crippen molar-refractivity contribution in [3.05, 3.63) is 59.2 Å². The molecule has 0 radical (unpaired) electrons. The molecular weight excluding hydrogens is 386 g/mol. The predicted octanol–water partition coefficient (Wildman–Crippen LogP) is 2.92. The number of aryl methyl sites for hydroxylation is 3. The highest BCUT2D eigenvalue weighted by Crippen LogP contribution is 2.16. The van der Waals surface area contributed by atoms with Crippen molar-refractivity contribution < 1.29 is 13.2 Å². The minimum atomic E-state index is -3.63. The Hall–Kier alpha value is -2.38. The predicted molar refractivity (Wildman–Crippen MR) is 118 cm³/mol. The molecule has 0 unspecified atom stereocenters. The first-order chi connectivity index (χ1) is 13.7. The van der Waals surface area contributed by atoms with E-state index in [1.165, 1.54) is 5.56 Å². The molecule has 0 aliphatic rings. The van der Waals surface area contributed by atoms with Gasteiger partial charge < -0.3 is 10.2 Å². The summed E-state index contributed by atoms with van der Waals surface area (Å²) in [6, 6.07) is 13.5. The summed E-state index contributed by atoms with van der Waals surface area (Å²) in [6.45, 7) is 9.84. The summed E-state index contributed by atoms with van der Waals surface area (Å²) in [5, 5.41) is 2.86. The highest BCUT2D eigenvalue weighted by atomic mass is 32.2. The van der Waals surface area contributed by atoms with Crippen LogP contribution in [0.25, 0.3) is 0 Å². The fourth-order valence-electron chi connectivity index (χ4n) is 3.09. The van der Waals surface area contributed by atoms with Gasteiger partial charge in [-0.3, -0.25) is 4.79 Å². The van der Waals surface area contributed by atoms with Gasteiger partial charge in [-0.25, -0.2) is 13.1 Å². The molecule has 6 nitrogen and oxygen atoms in total. The lowest BCUT2D eigenvalue weighted by Crippen LogP contribution is -2.36. The Labute approximate surface area is 174 Å². The zero-order valence-corrected chi connectivity index (χ0v) is 18.5. The molecule has 2 aromatic carbocycles. The van der Waals surface area contributed by atoms with Crippen molar-refractivity contribution in [2.75, 3.05) is 31.1 Å². The van der Waals surface area contributed by atoms with Crippen molar-refractivity contribution in [1.29, 1.82) is 0 Å². The van der Waals surface area contributed by atoms with Crippen LogP contribution in [0, 0.1) is 20.8 Å². The first-order valence-corrected chi connectivity index (χ1v) is 11.4. The second kappa shape index (κ2) is 10.4. The largest absolute Gasteiger partial charge is 0.370 e. The zero-order valence-electron chi connectivity index (χ0n) is 17.7. The van der Waals surface area contributed by atoms with Crippen LogP contribution in [0.2, 0.25) is 0 Å². The van der Waals surface area contributed by atoms with Gasteiger partial charge in [-0.2, -0.15) is 0 Å². The molecule has 7 heteroatoms. The molecule has 0 aliphatic carbocycles. The lowest BCUT2D eigenvalue weighted by molar-refractivity contribution is -0.120. The van der Waals surface area contributed by atoms with E-state index in [0.29, 0.717) is 18.7 Å². The molecule has 0 aromatic heterocycles. The van der Waals surface area contributed by atoms with E-state index < -0.39 is 10.0 Å². The van der Waals surface area contributed by atoms with Gasteiger partial charge in [-0.15, -0.1) is 0 Å². The van der Waals surface area contributed by atoms with E-state index >= 15 is 0 Å². The maximum absolute atomic E-state index is 12.5. The molecule has 2 aromatic rings. The van der Waals surface area contributed by atoms with Crippen LogP contribution >= 0.6 is 0 Å². The fourth-order valence-corrected chi connectivity index (χ4v) is 4.45. The van der Waals surface area contributed by atoms with Crippen LogP contribution in [0.5, 0.6) is 0 Å². The van der Waals surface area contributed by atoms with Crippen LogP contribution in [0.4, 0.5) is 5.69 Å². The molecule has 1 amide bonds. The molecule has 0 spiro atoms. The van der Waals surface area contributed by atoms with E-state index in [1.54, 1.807) is 19.1 Å². The van der Waals surface area contributed by atoms with Crippen molar-refractivity contribution in [2.45, 2.75) is 39.0 Å². The Morgan fingerprint density at radius 2 is 1.72 bits per heavy atom. The van der Waals surface area contributed by atoms with Gasteiger partial charge >= 0.3 is 0 Å². The van der Waals surface area contributed by atoms with Crippen LogP contribution in [-0.2, 0) is 14.8 Å². The number of likely N-dealkylation sites (N-methyl/N-ethyl adjacent to an activating group) is 1. The number of carbonyl (C=O) groups is 1. The molecule has 0 bridgehead atoms. The van der Waals surface area contributed by atoms with Gasteiger partial charge in [0, 0.05) is 38.3 Å². The standard InChI is InChI=1S/C22H31N3O3S/c1-5-25(20-8-6-7-17(2)15-20)14-13-23-22(26)11-12-24-29(27,28)21-16-18(3)9-10-19(21)4/h6-10,15-16,24H,5,11-14H2,1-4H3,(H,23,26). The average molecular weight is 418 g/mol. The summed E-state index contributed by atoms with van der Waals surface area (Å²) in [4.78, 5) is 14.5. The zero-order chi connectivity index (χ0) is 21.4. The monoisotopic (exact) mass is 417 g/mol. The number of anilines is 1. The number of amides is 1. The topological polar surface area (TPSA) is 78.5 Å². The maximum atomic E-state index is 12.5. The Morgan fingerprint density at radius 3 is 2.41 bits per heavy atom. The number of nitrogens with zero attached hydrogens (tertiary/aromatic N) is 1. The summed E-state index contributed by atoms with van der Waals surface area (Å²) >= 11 is 0. The molecule has 0 saturated carbocycles. The molecule has 0 aliphatic heterocycles. The molecule has 0 saturated heterocycles. The molecule has 2 rings (SSSR count). The highest BCUT2D eigenvalue weighted by Gasteiger charge is 2.17. The lowest BCUT2D eigenvalue weighted by atomic mass is 10.2.